The second-order valence-electron chi connectivity index (χ2n) is 9.66. The molecule has 3 aliphatic rings. The number of epoxide rings is 2. The summed E-state index contributed by atoms with van der Waals surface area (Å²) in [6.45, 7) is 14.3. The molecule has 4 heteroatoms. The van der Waals surface area contributed by atoms with Crippen molar-refractivity contribution in [3.8, 4) is 0 Å². The van der Waals surface area contributed by atoms with Gasteiger partial charge in [0, 0.05) is 0 Å². The molecule has 2 aliphatic heterocycles. The summed E-state index contributed by atoms with van der Waals surface area (Å²) in [6.07, 6.45) is 4.77. The van der Waals surface area contributed by atoms with Gasteiger partial charge in [-0.3, -0.25) is 0 Å². The number of rotatable bonds is 8. The van der Waals surface area contributed by atoms with E-state index >= 15 is 0 Å². The molecule has 1 aliphatic carbocycles. The number of fused-ring (bicyclic) bond motifs is 1. The molecule has 4 nitrogen and oxygen atoms in total. The highest BCUT2D eigenvalue weighted by molar-refractivity contribution is 5.08. The van der Waals surface area contributed by atoms with E-state index in [1.165, 1.54) is 0 Å². The van der Waals surface area contributed by atoms with Crippen molar-refractivity contribution < 1.29 is 19.3 Å². The van der Waals surface area contributed by atoms with E-state index in [0.717, 1.165) is 32.3 Å². The lowest BCUT2D eigenvalue weighted by molar-refractivity contribution is -0.0891. The van der Waals surface area contributed by atoms with Gasteiger partial charge in [-0.25, -0.2) is 0 Å². The number of aliphatic hydroxyl groups excluding tert-OH is 1. The molecule has 1 N–H and O–H groups in total. The second kappa shape index (κ2) is 6.22. The molecule has 0 amide bonds. The molecular formula is C20H36O4. The Morgan fingerprint density at radius 2 is 1.92 bits per heavy atom. The van der Waals surface area contributed by atoms with Gasteiger partial charge in [0.05, 0.1) is 36.6 Å². The van der Waals surface area contributed by atoms with Crippen molar-refractivity contribution in [1.82, 2.24) is 0 Å². The summed E-state index contributed by atoms with van der Waals surface area (Å²) in [5.74, 6) is 1.64. The third-order valence-electron chi connectivity index (χ3n) is 6.87. The molecule has 2 heterocycles. The monoisotopic (exact) mass is 340 g/mol. The van der Waals surface area contributed by atoms with E-state index in [-0.39, 0.29) is 29.5 Å². The average Bonchev–Trinajstić information content (AvgIpc) is 3.37. The van der Waals surface area contributed by atoms with Crippen LogP contribution in [0.1, 0.15) is 67.2 Å². The minimum absolute atomic E-state index is 0.0585. The molecule has 5 unspecified atom stereocenters. The number of ether oxygens (including phenoxy) is 3. The molecule has 0 aromatic carbocycles. The van der Waals surface area contributed by atoms with Crippen molar-refractivity contribution in [1.29, 1.82) is 0 Å². The first-order valence-corrected chi connectivity index (χ1v) is 9.70. The molecule has 3 fully saturated rings. The topological polar surface area (TPSA) is 54.5 Å². The minimum atomic E-state index is -0.206. The smallest absolute Gasteiger partial charge is 0.118 e. The summed E-state index contributed by atoms with van der Waals surface area (Å²) in [5.41, 5.74) is -0.286. The van der Waals surface area contributed by atoms with Crippen molar-refractivity contribution in [3.63, 3.8) is 0 Å². The van der Waals surface area contributed by atoms with Gasteiger partial charge in [0.2, 0.25) is 0 Å². The SMILES string of the molecule is CC(C)C(COC(C)(C)C1CCC2(CO)OC2C1)CC1OC1(C)C. The van der Waals surface area contributed by atoms with Gasteiger partial charge in [0.15, 0.2) is 0 Å². The fraction of sp³-hybridized carbons (Fsp3) is 1.00. The molecule has 0 aromatic rings. The minimum Gasteiger partial charge on any atom is -0.393 e. The van der Waals surface area contributed by atoms with Crippen molar-refractivity contribution in [2.45, 2.75) is 96.2 Å². The molecule has 2 saturated heterocycles. The van der Waals surface area contributed by atoms with Crippen LogP contribution in [0.2, 0.25) is 0 Å². The molecule has 140 valence electrons. The fourth-order valence-corrected chi connectivity index (χ4v) is 4.29. The van der Waals surface area contributed by atoms with Crippen LogP contribution in [0.25, 0.3) is 0 Å². The van der Waals surface area contributed by atoms with E-state index in [0.29, 0.717) is 23.9 Å². The Hall–Kier alpha value is -0.160. The van der Waals surface area contributed by atoms with Crippen LogP contribution >= 0.6 is 0 Å². The summed E-state index contributed by atoms with van der Waals surface area (Å²) < 4.78 is 18.0. The van der Waals surface area contributed by atoms with E-state index in [2.05, 4.69) is 41.5 Å². The first-order valence-electron chi connectivity index (χ1n) is 9.70. The number of hydrogen-bond donors (Lipinski definition) is 1. The van der Waals surface area contributed by atoms with E-state index in [1.54, 1.807) is 0 Å². The first-order chi connectivity index (χ1) is 11.1. The molecule has 0 spiro atoms. The van der Waals surface area contributed by atoms with Gasteiger partial charge >= 0.3 is 0 Å². The van der Waals surface area contributed by atoms with E-state index in [4.69, 9.17) is 14.2 Å². The summed E-state index contributed by atoms with van der Waals surface area (Å²) in [4.78, 5) is 0. The molecule has 1 saturated carbocycles. The fourth-order valence-electron chi connectivity index (χ4n) is 4.29. The van der Waals surface area contributed by atoms with Gasteiger partial charge in [0.25, 0.3) is 0 Å². The Morgan fingerprint density at radius 3 is 2.42 bits per heavy atom. The highest BCUT2D eigenvalue weighted by Crippen LogP contribution is 2.52. The Labute approximate surface area is 147 Å². The predicted octanol–water partition coefficient (Wildman–Crippen LogP) is 3.55. The van der Waals surface area contributed by atoms with E-state index in [9.17, 15) is 5.11 Å². The van der Waals surface area contributed by atoms with Gasteiger partial charge in [-0.2, -0.15) is 0 Å². The quantitative estimate of drug-likeness (QED) is 0.687. The third kappa shape index (κ3) is 3.67. The maximum absolute atomic E-state index is 9.48. The summed E-state index contributed by atoms with van der Waals surface area (Å²) in [7, 11) is 0. The standard InChI is InChI=1S/C20H36O4/c1-13(2)14(9-16-19(5,6)23-16)11-22-18(3,4)15-7-8-20(12-21)17(10-15)24-20/h13-17,21H,7-12H2,1-6H3. The first kappa shape index (κ1) is 18.6. The summed E-state index contributed by atoms with van der Waals surface area (Å²) in [5, 5.41) is 9.48. The van der Waals surface area contributed by atoms with Crippen LogP contribution in [0, 0.1) is 17.8 Å². The van der Waals surface area contributed by atoms with Crippen LogP contribution in [-0.4, -0.2) is 47.3 Å². The molecule has 0 radical (unpaired) electrons. The summed E-state index contributed by atoms with van der Waals surface area (Å²) >= 11 is 0. The van der Waals surface area contributed by atoms with Crippen LogP contribution in [-0.2, 0) is 14.2 Å². The van der Waals surface area contributed by atoms with Crippen LogP contribution in [0.15, 0.2) is 0 Å². The maximum Gasteiger partial charge on any atom is 0.118 e. The summed E-state index contributed by atoms with van der Waals surface area (Å²) in [6, 6.07) is 0. The lowest BCUT2D eigenvalue weighted by Gasteiger charge is -2.38. The molecule has 24 heavy (non-hydrogen) atoms. The second-order valence-corrected chi connectivity index (χ2v) is 9.66. The molecular weight excluding hydrogens is 304 g/mol. The van der Waals surface area contributed by atoms with E-state index in [1.807, 2.05) is 0 Å². The maximum atomic E-state index is 9.48. The lowest BCUT2D eigenvalue weighted by atomic mass is 9.75. The predicted molar refractivity (Wildman–Crippen MR) is 94.0 cm³/mol. The van der Waals surface area contributed by atoms with Crippen LogP contribution in [0.3, 0.4) is 0 Å². The van der Waals surface area contributed by atoms with Crippen LogP contribution in [0.4, 0.5) is 0 Å². The highest BCUT2D eigenvalue weighted by atomic mass is 16.6. The largest absolute Gasteiger partial charge is 0.393 e. The zero-order valence-corrected chi connectivity index (χ0v) is 16.3. The Bertz CT molecular complexity index is 459. The van der Waals surface area contributed by atoms with E-state index < -0.39 is 0 Å². The van der Waals surface area contributed by atoms with Gasteiger partial charge in [0.1, 0.15) is 5.60 Å². The Balaban J connectivity index is 1.50. The van der Waals surface area contributed by atoms with Crippen molar-refractivity contribution in [2.75, 3.05) is 13.2 Å². The number of aliphatic hydroxyl groups is 1. The zero-order valence-electron chi connectivity index (χ0n) is 16.3. The average molecular weight is 341 g/mol. The van der Waals surface area contributed by atoms with Gasteiger partial charge in [-0.05, 0) is 71.1 Å². The third-order valence-corrected chi connectivity index (χ3v) is 6.87. The molecule has 0 aromatic heterocycles. The zero-order chi connectivity index (χ0) is 17.8. The van der Waals surface area contributed by atoms with Crippen molar-refractivity contribution in [2.24, 2.45) is 17.8 Å². The highest BCUT2D eigenvalue weighted by Gasteiger charge is 2.60. The Morgan fingerprint density at radius 1 is 1.25 bits per heavy atom. The van der Waals surface area contributed by atoms with Crippen LogP contribution in [0.5, 0.6) is 0 Å². The number of hydrogen-bond acceptors (Lipinski definition) is 4. The van der Waals surface area contributed by atoms with Gasteiger partial charge < -0.3 is 19.3 Å². The molecule has 3 rings (SSSR count). The van der Waals surface area contributed by atoms with Crippen molar-refractivity contribution >= 4 is 0 Å². The Kier molecular flexibility index (Phi) is 4.83. The lowest BCUT2D eigenvalue weighted by Crippen LogP contribution is -2.41. The molecule has 5 atom stereocenters. The van der Waals surface area contributed by atoms with Crippen molar-refractivity contribution in [3.05, 3.63) is 0 Å². The van der Waals surface area contributed by atoms with Gasteiger partial charge in [-0.1, -0.05) is 13.8 Å². The van der Waals surface area contributed by atoms with Gasteiger partial charge in [-0.15, -0.1) is 0 Å². The van der Waals surface area contributed by atoms with Crippen LogP contribution < -0.4 is 0 Å². The molecule has 0 bridgehead atoms. The normalized spacial score (nSPS) is 38.8.